The summed E-state index contributed by atoms with van der Waals surface area (Å²) < 4.78 is 5.98. The summed E-state index contributed by atoms with van der Waals surface area (Å²) in [6.07, 6.45) is 5.43. The van der Waals surface area contributed by atoms with Crippen LogP contribution in [0.15, 0.2) is 48.8 Å². The lowest BCUT2D eigenvalue weighted by Gasteiger charge is -2.25. The van der Waals surface area contributed by atoms with Gasteiger partial charge in [0.15, 0.2) is 0 Å². The fraction of sp³-hybridized carbons (Fsp3) is 0.261. The lowest BCUT2D eigenvalue weighted by atomic mass is 9.88. The average Bonchev–Trinajstić information content (AvgIpc) is 2.78. The molecule has 0 saturated carbocycles. The lowest BCUT2D eigenvalue weighted by Crippen LogP contribution is -2.29. The number of piperidine rings is 1. The van der Waals surface area contributed by atoms with Crippen molar-refractivity contribution in [2.24, 2.45) is 0 Å². The van der Waals surface area contributed by atoms with Gasteiger partial charge in [-0.3, -0.25) is 4.98 Å². The number of nitrogens with zero attached hydrogens (tertiary/aromatic N) is 3. The highest BCUT2D eigenvalue weighted by Crippen LogP contribution is 2.40. The van der Waals surface area contributed by atoms with E-state index in [1.165, 1.54) is 0 Å². The van der Waals surface area contributed by atoms with Crippen LogP contribution in [0.1, 0.15) is 35.4 Å². The number of benzene rings is 1. The smallest absolute Gasteiger partial charge is 0.142 e. The van der Waals surface area contributed by atoms with Crippen LogP contribution >= 0.6 is 0 Å². The number of aromatic nitrogens is 2. The molecule has 1 aliphatic rings. The Hall–Kier alpha value is -3.63. The number of hydrogen-bond acceptors (Lipinski definition) is 7. The summed E-state index contributed by atoms with van der Waals surface area (Å²) in [7, 11) is 0. The first kappa shape index (κ1) is 19.7. The maximum absolute atomic E-state index is 10.6. The lowest BCUT2D eigenvalue weighted by molar-refractivity contribution is 0.305. The van der Waals surface area contributed by atoms with Crippen molar-refractivity contribution in [1.82, 2.24) is 15.3 Å². The molecule has 7 heteroatoms. The second kappa shape index (κ2) is 8.80. The number of nitriles is 1. The van der Waals surface area contributed by atoms with E-state index in [-0.39, 0.29) is 17.5 Å². The predicted molar refractivity (Wildman–Crippen MR) is 114 cm³/mol. The Labute approximate surface area is 175 Å². The van der Waals surface area contributed by atoms with E-state index >= 15 is 0 Å². The number of hydrogen-bond donors (Lipinski definition) is 3. The molecule has 0 aliphatic carbocycles. The van der Waals surface area contributed by atoms with Gasteiger partial charge < -0.3 is 20.9 Å². The van der Waals surface area contributed by atoms with Gasteiger partial charge in [-0.25, -0.2) is 4.98 Å². The zero-order valence-electron chi connectivity index (χ0n) is 16.5. The maximum Gasteiger partial charge on any atom is 0.142 e. The van der Waals surface area contributed by atoms with E-state index in [2.05, 4.69) is 21.4 Å². The maximum atomic E-state index is 10.6. The molecule has 0 amide bonds. The van der Waals surface area contributed by atoms with Crippen molar-refractivity contribution in [2.75, 3.05) is 18.8 Å². The summed E-state index contributed by atoms with van der Waals surface area (Å²) in [6.45, 7) is 2.05. The first-order valence-electron chi connectivity index (χ1n) is 9.92. The first-order chi connectivity index (χ1) is 14.7. The number of phenolic OH excluding ortho intramolecular Hbond substituents is 1. The topological polar surface area (TPSA) is 117 Å². The Morgan fingerprint density at radius 1 is 1.30 bits per heavy atom. The third kappa shape index (κ3) is 4.04. The van der Waals surface area contributed by atoms with Crippen LogP contribution in [0.4, 0.5) is 5.82 Å². The highest BCUT2D eigenvalue weighted by atomic mass is 16.5. The van der Waals surface area contributed by atoms with Crippen molar-refractivity contribution in [1.29, 1.82) is 5.26 Å². The summed E-state index contributed by atoms with van der Waals surface area (Å²) in [5.41, 5.74) is 9.28. The normalized spacial score (nSPS) is 16.0. The Bertz CT molecular complexity index is 1070. The van der Waals surface area contributed by atoms with Gasteiger partial charge in [0.05, 0.1) is 16.8 Å². The molecule has 1 saturated heterocycles. The molecule has 4 rings (SSSR count). The molecule has 1 fully saturated rings. The summed E-state index contributed by atoms with van der Waals surface area (Å²) in [6, 6.07) is 12.9. The fourth-order valence-electron chi connectivity index (χ4n) is 3.82. The van der Waals surface area contributed by atoms with Gasteiger partial charge in [-0.15, -0.1) is 0 Å². The van der Waals surface area contributed by atoms with Crippen LogP contribution < -0.4 is 15.8 Å². The van der Waals surface area contributed by atoms with Gasteiger partial charge in [-0.05, 0) is 55.1 Å². The molecule has 1 unspecified atom stereocenters. The van der Waals surface area contributed by atoms with E-state index in [0.29, 0.717) is 29.2 Å². The second-order valence-corrected chi connectivity index (χ2v) is 7.31. The van der Waals surface area contributed by atoms with E-state index in [4.69, 9.17) is 10.5 Å². The average molecular weight is 401 g/mol. The van der Waals surface area contributed by atoms with Crippen LogP contribution in [0.25, 0.3) is 11.3 Å². The van der Waals surface area contributed by atoms with E-state index in [9.17, 15) is 10.4 Å². The third-order valence-corrected chi connectivity index (χ3v) is 5.30. The van der Waals surface area contributed by atoms with E-state index in [0.717, 1.165) is 37.1 Å². The SMILES string of the molecule is N#Cc1c(C2CCCNC2)cc(-c2c(O)cccc2OCc2cccnc2)nc1N. The van der Waals surface area contributed by atoms with Gasteiger partial charge in [0.25, 0.3) is 0 Å². The molecular formula is C23H23N5O2. The molecule has 2 aromatic heterocycles. The van der Waals surface area contributed by atoms with Crippen molar-refractivity contribution in [3.8, 4) is 28.8 Å². The van der Waals surface area contributed by atoms with Gasteiger partial charge in [0.2, 0.25) is 0 Å². The fourth-order valence-corrected chi connectivity index (χ4v) is 3.82. The number of aromatic hydroxyl groups is 1. The minimum Gasteiger partial charge on any atom is -0.507 e. The molecule has 3 aromatic rings. The number of nitrogen functional groups attached to an aromatic ring is 1. The molecule has 0 bridgehead atoms. The Morgan fingerprint density at radius 2 is 2.20 bits per heavy atom. The van der Waals surface area contributed by atoms with Crippen LogP contribution in [0, 0.1) is 11.3 Å². The van der Waals surface area contributed by atoms with Gasteiger partial charge in [-0.2, -0.15) is 5.26 Å². The van der Waals surface area contributed by atoms with Crippen LogP contribution in [-0.4, -0.2) is 28.2 Å². The molecule has 30 heavy (non-hydrogen) atoms. The molecule has 152 valence electrons. The van der Waals surface area contributed by atoms with Crippen LogP contribution in [-0.2, 0) is 6.61 Å². The zero-order chi connectivity index (χ0) is 20.9. The Morgan fingerprint density at radius 3 is 2.93 bits per heavy atom. The predicted octanol–water partition coefficient (Wildman–Crippen LogP) is 3.35. The highest BCUT2D eigenvalue weighted by Gasteiger charge is 2.23. The Balaban J connectivity index is 1.74. The van der Waals surface area contributed by atoms with Crippen molar-refractivity contribution < 1.29 is 9.84 Å². The number of phenols is 1. The molecule has 3 heterocycles. The minimum absolute atomic E-state index is 0.0445. The summed E-state index contributed by atoms with van der Waals surface area (Å²) in [5.74, 6) is 0.867. The number of nitrogens with two attached hydrogens (primary N) is 1. The summed E-state index contributed by atoms with van der Waals surface area (Å²) in [4.78, 5) is 8.52. The van der Waals surface area contributed by atoms with Crippen molar-refractivity contribution >= 4 is 5.82 Å². The second-order valence-electron chi connectivity index (χ2n) is 7.31. The summed E-state index contributed by atoms with van der Waals surface area (Å²) >= 11 is 0. The quantitative estimate of drug-likeness (QED) is 0.600. The van der Waals surface area contributed by atoms with Gasteiger partial charge >= 0.3 is 0 Å². The number of anilines is 1. The van der Waals surface area contributed by atoms with Crippen molar-refractivity contribution in [3.63, 3.8) is 0 Å². The van der Waals surface area contributed by atoms with Crippen LogP contribution in [0.5, 0.6) is 11.5 Å². The van der Waals surface area contributed by atoms with Gasteiger partial charge in [0.1, 0.15) is 30.0 Å². The largest absolute Gasteiger partial charge is 0.507 e. The Kier molecular flexibility index (Phi) is 5.77. The van der Waals surface area contributed by atoms with E-state index in [1.54, 1.807) is 30.6 Å². The van der Waals surface area contributed by atoms with Crippen molar-refractivity contribution in [2.45, 2.75) is 25.4 Å². The number of rotatable bonds is 5. The molecular weight excluding hydrogens is 378 g/mol. The standard InChI is InChI=1S/C23H23N5O2/c24-11-18-17(16-5-3-9-27-13-16)10-19(28-23(18)25)22-20(29)6-1-7-21(22)30-14-15-4-2-8-26-12-15/h1-2,4,6-8,10,12,16,27,29H,3,5,9,13-14H2,(H2,25,28). The highest BCUT2D eigenvalue weighted by molar-refractivity contribution is 5.76. The molecule has 1 aliphatic heterocycles. The van der Waals surface area contributed by atoms with Crippen LogP contribution in [0.3, 0.4) is 0 Å². The molecule has 0 radical (unpaired) electrons. The first-order valence-corrected chi connectivity index (χ1v) is 9.92. The molecule has 1 aromatic carbocycles. The van der Waals surface area contributed by atoms with E-state index in [1.807, 2.05) is 18.2 Å². The summed E-state index contributed by atoms with van der Waals surface area (Å²) in [5, 5.41) is 23.6. The zero-order valence-corrected chi connectivity index (χ0v) is 16.5. The number of pyridine rings is 2. The van der Waals surface area contributed by atoms with E-state index < -0.39 is 0 Å². The molecule has 1 atom stereocenters. The van der Waals surface area contributed by atoms with Crippen molar-refractivity contribution in [3.05, 3.63) is 65.5 Å². The third-order valence-electron chi connectivity index (χ3n) is 5.30. The number of nitrogens with one attached hydrogen (secondary N) is 1. The number of ether oxygens (including phenoxy) is 1. The molecule has 0 spiro atoms. The monoisotopic (exact) mass is 401 g/mol. The molecule has 7 nitrogen and oxygen atoms in total. The minimum atomic E-state index is 0.0445. The van der Waals surface area contributed by atoms with Gasteiger partial charge in [0, 0.05) is 24.5 Å². The van der Waals surface area contributed by atoms with Crippen LogP contribution in [0.2, 0.25) is 0 Å². The molecule has 4 N–H and O–H groups in total. The van der Waals surface area contributed by atoms with Gasteiger partial charge in [-0.1, -0.05) is 12.1 Å².